The molecule has 1 aliphatic heterocycles. The number of benzene rings is 1. The Morgan fingerprint density at radius 3 is 2.76 bits per heavy atom. The first kappa shape index (κ1) is 11.8. The van der Waals surface area contributed by atoms with E-state index in [-0.39, 0.29) is 11.2 Å². The summed E-state index contributed by atoms with van der Waals surface area (Å²) < 4.78 is 10.9. The predicted molar refractivity (Wildman–Crippen MR) is 63.0 cm³/mol. The maximum Gasteiger partial charge on any atom is 0.339 e. The van der Waals surface area contributed by atoms with Crippen molar-refractivity contribution in [3.05, 3.63) is 23.3 Å². The number of hydrogen-bond acceptors (Lipinski definition) is 3. The van der Waals surface area contributed by atoms with Crippen LogP contribution in [0.2, 0.25) is 0 Å². The third kappa shape index (κ3) is 2.20. The Labute approximate surface area is 100 Å². The molecule has 92 valence electrons. The summed E-state index contributed by atoms with van der Waals surface area (Å²) >= 11 is 0. The van der Waals surface area contributed by atoms with E-state index >= 15 is 0 Å². The van der Waals surface area contributed by atoms with Gasteiger partial charge in [0.25, 0.3) is 0 Å². The Hall–Kier alpha value is -1.71. The Morgan fingerprint density at radius 2 is 2.18 bits per heavy atom. The van der Waals surface area contributed by atoms with Crippen molar-refractivity contribution in [1.29, 1.82) is 0 Å². The van der Waals surface area contributed by atoms with E-state index in [9.17, 15) is 4.79 Å². The molecular weight excluding hydrogens is 220 g/mol. The highest BCUT2D eigenvalue weighted by molar-refractivity contribution is 5.91. The molecule has 0 saturated heterocycles. The molecule has 0 atom stereocenters. The molecule has 0 spiro atoms. The first-order valence-electron chi connectivity index (χ1n) is 5.56. The van der Waals surface area contributed by atoms with Gasteiger partial charge < -0.3 is 14.6 Å². The number of rotatable bonds is 2. The van der Waals surface area contributed by atoms with Crippen molar-refractivity contribution in [1.82, 2.24) is 0 Å². The van der Waals surface area contributed by atoms with Gasteiger partial charge in [-0.05, 0) is 38.3 Å². The summed E-state index contributed by atoms with van der Waals surface area (Å²) in [7, 11) is 1.46. The third-order valence-electron chi connectivity index (χ3n) is 3.00. The number of ether oxygens (including phenoxy) is 2. The molecule has 0 amide bonds. The van der Waals surface area contributed by atoms with Crippen LogP contribution in [0.1, 0.15) is 36.2 Å². The van der Waals surface area contributed by atoms with Crippen LogP contribution in [0.3, 0.4) is 0 Å². The van der Waals surface area contributed by atoms with Crippen LogP contribution >= 0.6 is 0 Å². The van der Waals surface area contributed by atoms with Crippen molar-refractivity contribution in [3.8, 4) is 11.5 Å². The fourth-order valence-corrected chi connectivity index (χ4v) is 2.02. The standard InChI is InChI=1S/C13H16O4/c1-13(2)5-4-8-6-9(12(14)15)11(16-3)7-10(8)17-13/h6-7H,4-5H2,1-3H3,(H,14,15). The van der Waals surface area contributed by atoms with Crippen molar-refractivity contribution < 1.29 is 19.4 Å². The van der Waals surface area contributed by atoms with Gasteiger partial charge in [-0.25, -0.2) is 4.79 Å². The average Bonchev–Trinajstić information content (AvgIpc) is 2.25. The Morgan fingerprint density at radius 1 is 1.47 bits per heavy atom. The first-order valence-corrected chi connectivity index (χ1v) is 5.56. The molecule has 0 unspecified atom stereocenters. The highest BCUT2D eigenvalue weighted by Gasteiger charge is 2.28. The minimum Gasteiger partial charge on any atom is -0.496 e. The topological polar surface area (TPSA) is 55.8 Å². The second kappa shape index (κ2) is 3.95. The van der Waals surface area contributed by atoms with E-state index in [1.165, 1.54) is 7.11 Å². The molecule has 0 aliphatic carbocycles. The SMILES string of the molecule is COc1cc2c(cc1C(=O)O)CCC(C)(C)O2. The molecule has 0 bridgehead atoms. The summed E-state index contributed by atoms with van der Waals surface area (Å²) in [6.07, 6.45) is 1.71. The molecule has 0 saturated carbocycles. The van der Waals surface area contributed by atoms with E-state index in [2.05, 4.69) is 0 Å². The highest BCUT2D eigenvalue weighted by atomic mass is 16.5. The monoisotopic (exact) mass is 236 g/mol. The molecule has 1 aliphatic rings. The number of aryl methyl sites for hydroxylation is 1. The number of carboxylic acids is 1. The summed E-state index contributed by atoms with van der Waals surface area (Å²) in [5, 5.41) is 9.08. The molecular formula is C13H16O4. The van der Waals surface area contributed by atoms with E-state index in [0.29, 0.717) is 5.75 Å². The number of aromatic carboxylic acids is 1. The Bertz CT molecular complexity index is 463. The van der Waals surface area contributed by atoms with Gasteiger partial charge in [-0.3, -0.25) is 0 Å². The highest BCUT2D eigenvalue weighted by Crippen LogP contribution is 2.37. The zero-order chi connectivity index (χ0) is 12.6. The largest absolute Gasteiger partial charge is 0.496 e. The molecule has 1 heterocycles. The molecule has 1 N–H and O–H groups in total. The van der Waals surface area contributed by atoms with Crippen molar-refractivity contribution in [2.75, 3.05) is 7.11 Å². The van der Waals surface area contributed by atoms with Crippen LogP contribution in [-0.2, 0) is 6.42 Å². The van der Waals surface area contributed by atoms with Gasteiger partial charge in [0.1, 0.15) is 22.7 Å². The third-order valence-corrected chi connectivity index (χ3v) is 3.00. The first-order chi connectivity index (χ1) is 7.93. The number of carboxylic acid groups (broad SMARTS) is 1. The molecule has 2 rings (SSSR count). The van der Waals surface area contributed by atoms with E-state index in [1.54, 1.807) is 12.1 Å². The molecule has 0 aromatic heterocycles. The van der Waals surface area contributed by atoms with E-state index in [1.807, 2.05) is 13.8 Å². The van der Waals surface area contributed by atoms with Gasteiger partial charge in [0.15, 0.2) is 0 Å². The Balaban J connectivity index is 2.48. The zero-order valence-corrected chi connectivity index (χ0v) is 10.2. The van der Waals surface area contributed by atoms with Gasteiger partial charge in [0.05, 0.1) is 7.11 Å². The summed E-state index contributed by atoms with van der Waals surface area (Å²) in [5.74, 6) is 0.0894. The van der Waals surface area contributed by atoms with Gasteiger partial charge in [0.2, 0.25) is 0 Å². The van der Waals surface area contributed by atoms with Gasteiger partial charge in [-0.15, -0.1) is 0 Å². The van der Waals surface area contributed by atoms with Crippen LogP contribution in [0.5, 0.6) is 11.5 Å². The summed E-state index contributed by atoms with van der Waals surface area (Å²) in [6, 6.07) is 3.31. The van der Waals surface area contributed by atoms with E-state index < -0.39 is 5.97 Å². The van der Waals surface area contributed by atoms with E-state index in [4.69, 9.17) is 14.6 Å². The number of carbonyl (C=O) groups is 1. The molecule has 4 heteroatoms. The van der Waals surface area contributed by atoms with E-state index in [0.717, 1.165) is 24.2 Å². The quantitative estimate of drug-likeness (QED) is 0.857. The van der Waals surface area contributed by atoms with Crippen molar-refractivity contribution in [3.63, 3.8) is 0 Å². The van der Waals surface area contributed by atoms with Crippen LogP contribution in [0.4, 0.5) is 0 Å². The fourth-order valence-electron chi connectivity index (χ4n) is 2.02. The van der Waals surface area contributed by atoms with Gasteiger partial charge in [0, 0.05) is 6.07 Å². The van der Waals surface area contributed by atoms with Gasteiger partial charge in [-0.2, -0.15) is 0 Å². The minimum atomic E-state index is -0.977. The maximum absolute atomic E-state index is 11.1. The lowest BCUT2D eigenvalue weighted by Gasteiger charge is -2.33. The number of fused-ring (bicyclic) bond motifs is 1. The minimum absolute atomic E-state index is 0.189. The number of hydrogen-bond donors (Lipinski definition) is 1. The normalized spacial score (nSPS) is 16.9. The summed E-state index contributed by atoms with van der Waals surface area (Å²) in [4.78, 5) is 11.1. The lowest BCUT2D eigenvalue weighted by atomic mass is 9.93. The molecule has 0 fully saturated rings. The second-order valence-electron chi connectivity index (χ2n) is 4.83. The van der Waals surface area contributed by atoms with Crippen molar-refractivity contribution in [2.45, 2.75) is 32.3 Å². The van der Waals surface area contributed by atoms with Crippen LogP contribution in [-0.4, -0.2) is 23.8 Å². The lowest BCUT2D eigenvalue weighted by molar-refractivity contribution is 0.0691. The lowest BCUT2D eigenvalue weighted by Crippen LogP contribution is -2.32. The summed E-state index contributed by atoms with van der Waals surface area (Å²) in [5.41, 5.74) is 0.917. The molecule has 0 radical (unpaired) electrons. The second-order valence-corrected chi connectivity index (χ2v) is 4.83. The van der Waals surface area contributed by atoms with Crippen molar-refractivity contribution in [2.24, 2.45) is 0 Å². The Kier molecular flexibility index (Phi) is 2.73. The van der Waals surface area contributed by atoms with Crippen LogP contribution in [0.25, 0.3) is 0 Å². The zero-order valence-electron chi connectivity index (χ0n) is 10.2. The van der Waals surface area contributed by atoms with Crippen LogP contribution in [0, 0.1) is 0 Å². The summed E-state index contributed by atoms with van der Waals surface area (Å²) in [6.45, 7) is 4.04. The predicted octanol–water partition coefficient (Wildman–Crippen LogP) is 2.50. The number of methoxy groups -OCH3 is 1. The maximum atomic E-state index is 11.1. The molecule has 1 aromatic rings. The van der Waals surface area contributed by atoms with Gasteiger partial charge >= 0.3 is 5.97 Å². The van der Waals surface area contributed by atoms with Crippen LogP contribution < -0.4 is 9.47 Å². The molecule has 1 aromatic carbocycles. The van der Waals surface area contributed by atoms with Crippen molar-refractivity contribution >= 4 is 5.97 Å². The molecule has 4 nitrogen and oxygen atoms in total. The fraction of sp³-hybridized carbons (Fsp3) is 0.462. The smallest absolute Gasteiger partial charge is 0.339 e. The average molecular weight is 236 g/mol. The molecule has 17 heavy (non-hydrogen) atoms. The van der Waals surface area contributed by atoms with Crippen LogP contribution in [0.15, 0.2) is 12.1 Å². The van der Waals surface area contributed by atoms with Gasteiger partial charge in [-0.1, -0.05) is 0 Å².